The van der Waals surface area contributed by atoms with Crippen molar-refractivity contribution in [2.24, 2.45) is 0 Å². The largest absolute Gasteiger partial charge is 0.453 e. The highest BCUT2D eigenvalue weighted by atomic mass is 32.2. The number of nitrogens with zero attached hydrogens (tertiary/aromatic N) is 6. The molecule has 0 radical (unpaired) electrons. The topological polar surface area (TPSA) is 82.0 Å². The van der Waals surface area contributed by atoms with Gasteiger partial charge in [0.15, 0.2) is 0 Å². The molecule has 0 bridgehead atoms. The molecule has 1 aromatic carbocycles. The van der Waals surface area contributed by atoms with Gasteiger partial charge < -0.3 is 4.42 Å². The van der Waals surface area contributed by atoms with Gasteiger partial charge >= 0.3 is 6.18 Å². The van der Waals surface area contributed by atoms with Gasteiger partial charge in [-0.2, -0.15) is 22.7 Å². The van der Waals surface area contributed by atoms with Crippen LogP contribution in [-0.2, 0) is 6.18 Å². The smallest absolute Gasteiger partial charge is 0.411 e. The maximum Gasteiger partial charge on any atom is 0.453 e. The molecule has 0 saturated heterocycles. The molecule has 0 aliphatic carbocycles. The molecular weight excluding hydrogens is 381 g/mol. The Morgan fingerprint density at radius 2 is 1.78 bits per heavy atom. The van der Waals surface area contributed by atoms with Crippen LogP contribution in [0.2, 0.25) is 0 Å². The molecule has 4 rings (SSSR count). The number of hydrogen-bond acceptors (Lipinski definition) is 7. The van der Waals surface area contributed by atoms with Crippen LogP contribution in [0, 0.1) is 13.8 Å². The van der Waals surface area contributed by atoms with Gasteiger partial charge in [0.05, 0.1) is 0 Å². The Balaban J connectivity index is 1.69. The van der Waals surface area contributed by atoms with Gasteiger partial charge in [-0.1, -0.05) is 17.7 Å². The lowest BCUT2D eigenvalue weighted by Gasteiger charge is -2.01. The first-order valence-electron chi connectivity index (χ1n) is 7.69. The standard InChI is InChI=1S/C16H11F3N6OS/c1-8-3-5-10(6-4-8)12-22-23-15(26-12)27-11-7-9(2)20-14-21-13(16(17,18)19)24-25(11)14/h3-7H,1-2H3. The fraction of sp³-hybridized carbons (Fsp3) is 0.188. The second kappa shape index (κ2) is 6.34. The van der Waals surface area contributed by atoms with E-state index in [1.807, 2.05) is 31.2 Å². The molecule has 11 heteroatoms. The third-order valence-corrected chi connectivity index (χ3v) is 4.40. The summed E-state index contributed by atoms with van der Waals surface area (Å²) in [4.78, 5) is 7.43. The Morgan fingerprint density at radius 3 is 2.48 bits per heavy atom. The van der Waals surface area contributed by atoms with Crippen LogP contribution in [0.1, 0.15) is 17.1 Å². The number of hydrogen-bond donors (Lipinski definition) is 0. The minimum atomic E-state index is -4.66. The molecule has 0 amide bonds. The van der Waals surface area contributed by atoms with E-state index in [1.54, 1.807) is 13.0 Å². The Morgan fingerprint density at radius 1 is 1.04 bits per heavy atom. The van der Waals surface area contributed by atoms with Crippen LogP contribution < -0.4 is 0 Å². The van der Waals surface area contributed by atoms with Crippen molar-refractivity contribution in [3.05, 3.63) is 47.4 Å². The summed E-state index contributed by atoms with van der Waals surface area (Å²) in [5.41, 5.74) is 2.33. The summed E-state index contributed by atoms with van der Waals surface area (Å²) in [6.07, 6.45) is -4.66. The predicted molar refractivity (Wildman–Crippen MR) is 89.1 cm³/mol. The summed E-state index contributed by atoms with van der Waals surface area (Å²) in [5.74, 6) is -1.09. The number of rotatable bonds is 3. The SMILES string of the molecule is Cc1ccc(-c2nnc(Sc3cc(C)nc4nc(C(F)(F)F)nn34)o2)cc1. The van der Waals surface area contributed by atoms with Gasteiger partial charge in [0.2, 0.25) is 5.89 Å². The molecular formula is C16H11F3N6OS. The number of benzene rings is 1. The fourth-order valence-corrected chi connectivity index (χ4v) is 3.12. The average molecular weight is 392 g/mol. The van der Waals surface area contributed by atoms with E-state index >= 15 is 0 Å². The van der Waals surface area contributed by atoms with Crippen molar-refractivity contribution >= 4 is 17.5 Å². The maximum atomic E-state index is 12.9. The monoisotopic (exact) mass is 392 g/mol. The van der Waals surface area contributed by atoms with E-state index in [-0.39, 0.29) is 11.0 Å². The zero-order chi connectivity index (χ0) is 19.2. The van der Waals surface area contributed by atoms with Crippen LogP contribution in [-0.4, -0.2) is 29.8 Å². The van der Waals surface area contributed by atoms with Crippen LogP contribution in [0.25, 0.3) is 17.2 Å². The third-order valence-electron chi connectivity index (χ3n) is 3.56. The van der Waals surface area contributed by atoms with Gasteiger partial charge in [0, 0.05) is 11.3 Å². The molecule has 0 N–H and O–H groups in total. The van der Waals surface area contributed by atoms with Crippen LogP contribution in [0.5, 0.6) is 0 Å². The molecule has 0 fully saturated rings. The minimum absolute atomic E-state index is 0.150. The third kappa shape index (κ3) is 3.50. The molecule has 0 spiro atoms. The summed E-state index contributed by atoms with van der Waals surface area (Å²) in [7, 11) is 0. The molecule has 0 aliphatic heterocycles. The predicted octanol–water partition coefficient (Wildman–Crippen LogP) is 3.96. The van der Waals surface area contributed by atoms with Gasteiger partial charge in [-0.3, -0.25) is 0 Å². The molecule has 0 aliphatic rings. The van der Waals surface area contributed by atoms with Crippen molar-refractivity contribution in [3.63, 3.8) is 0 Å². The highest BCUT2D eigenvalue weighted by Gasteiger charge is 2.37. The summed E-state index contributed by atoms with van der Waals surface area (Å²) in [6.45, 7) is 3.61. The van der Waals surface area contributed by atoms with Crippen molar-refractivity contribution < 1.29 is 17.6 Å². The zero-order valence-corrected chi connectivity index (χ0v) is 14.8. The first kappa shape index (κ1) is 17.5. The van der Waals surface area contributed by atoms with E-state index in [4.69, 9.17) is 4.42 Å². The van der Waals surface area contributed by atoms with Crippen LogP contribution in [0.3, 0.4) is 0 Å². The number of fused-ring (bicyclic) bond motifs is 1. The zero-order valence-electron chi connectivity index (χ0n) is 14.0. The normalized spacial score (nSPS) is 12.0. The Hall–Kier alpha value is -2.95. The Kier molecular flexibility index (Phi) is 4.10. The van der Waals surface area contributed by atoms with Crippen LogP contribution in [0.4, 0.5) is 13.2 Å². The average Bonchev–Trinajstić information content (AvgIpc) is 3.22. The molecule has 138 valence electrons. The Bertz CT molecular complexity index is 1120. The van der Waals surface area contributed by atoms with Gasteiger partial charge in [-0.05, 0) is 43.8 Å². The second-order valence-corrected chi connectivity index (χ2v) is 6.69. The number of aromatic nitrogens is 6. The number of alkyl halides is 3. The Labute approximate surface area is 154 Å². The van der Waals surface area contributed by atoms with Crippen molar-refractivity contribution in [2.75, 3.05) is 0 Å². The summed E-state index contributed by atoms with van der Waals surface area (Å²) >= 11 is 0.987. The minimum Gasteiger partial charge on any atom is -0.411 e. The first-order valence-corrected chi connectivity index (χ1v) is 8.51. The van der Waals surface area contributed by atoms with E-state index in [0.29, 0.717) is 16.6 Å². The molecule has 27 heavy (non-hydrogen) atoms. The molecule has 0 atom stereocenters. The summed E-state index contributed by atoms with van der Waals surface area (Å²) in [6, 6.07) is 9.09. The van der Waals surface area contributed by atoms with E-state index in [0.717, 1.165) is 27.4 Å². The van der Waals surface area contributed by atoms with Crippen LogP contribution >= 0.6 is 11.8 Å². The first-order chi connectivity index (χ1) is 12.8. The van der Waals surface area contributed by atoms with E-state index < -0.39 is 12.0 Å². The van der Waals surface area contributed by atoms with Gasteiger partial charge in [0.25, 0.3) is 16.8 Å². The fourth-order valence-electron chi connectivity index (χ4n) is 2.30. The summed E-state index contributed by atoms with van der Waals surface area (Å²) in [5, 5.41) is 11.9. The molecule has 4 aromatic rings. The van der Waals surface area contributed by atoms with Gasteiger partial charge in [0.1, 0.15) is 5.03 Å². The highest BCUT2D eigenvalue weighted by molar-refractivity contribution is 7.99. The highest BCUT2D eigenvalue weighted by Crippen LogP contribution is 2.31. The van der Waals surface area contributed by atoms with Gasteiger partial charge in [-0.15, -0.1) is 15.3 Å². The van der Waals surface area contributed by atoms with Gasteiger partial charge in [-0.25, -0.2) is 4.98 Å². The van der Waals surface area contributed by atoms with E-state index in [9.17, 15) is 13.2 Å². The molecule has 0 unspecified atom stereocenters. The molecule has 7 nitrogen and oxygen atoms in total. The molecule has 3 heterocycles. The lowest BCUT2D eigenvalue weighted by Crippen LogP contribution is -2.07. The van der Waals surface area contributed by atoms with E-state index in [2.05, 4.69) is 25.3 Å². The quantitative estimate of drug-likeness (QED) is 0.488. The van der Waals surface area contributed by atoms with E-state index in [1.165, 1.54) is 0 Å². The second-order valence-electron chi connectivity index (χ2n) is 5.72. The van der Waals surface area contributed by atoms with Crippen molar-refractivity contribution in [2.45, 2.75) is 30.3 Å². The number of halogens is 3. The lowest BCUT2D eigenvalue weighted by molar-refractivity contribution is -0.144. The maximum absolute atomic E-state index is 12.9. The lowest BCUT2D eigenvalue weighted by atomic mass is 10.1. The van der Waals surface area contributed by atoms with Crippen molar-refractivity contribution in [1.29, 1.82) is 0 Å². The molecule has 0 saturated carbocycles. The van der Waals surface area contributed by atoms with Crippen molar-refractivity contribution in [3.8, 4) is 11.5 Å². The number of aryl methyl sites for hydroxylation is 2. The molecule has 3 aromatic heterocycles. The van der Waals surface area contributed by atoms with Crippen molar-refractivity contribution in [1.82, 2.24) is 29.8 Å². The summed E-state index contributed by atoms with van der Waals surface area (Å²) < 4.78 is 45.3. The van der Waals surface area contributed by atoms with Crippen LogP contribution in [0.15, 0.2) is 45.0 Å².